The zero-order valence-corrected chi connectivity index (χ0v) is 22.2. The van der Waals surface area contributed by atoms with E-state index in [1.165, 1.54) is 16.9 Å². The van der Waals surface area contributed by atoms with Crippen molar-refractivity contribution >= 4 is 17.2 Å². The van der Waals surface area contributed by atoms with Crippen molar-refractivity contribution in [3.8, 4) is 5.82 Å². The summed E-state index contributed by atoms with van der Waals surface area (Å²) in [6, 6.07) is 2.63. The number of hydrogen-bond acceptors (Lipinski definition) is 6. The van der Waals surface area contributed by atoms with E-state index in [0.29, 0.717) is 23.2 Å². The number of nitrogens with one attached hydrogen (secondary N) is 1. The maximum Gasteiger partial charge on any atom is 0.417 e. The third kappa shape index (κ3) is 6.45. The van der Waals surface area contributed by atoms with Crippen molar-refractivity contribution in [1.29, 1.82) is 0 Å². The molecule has 3 aromatic heterocycles. The number of alkyl halides is 3. The number of hydrogen-bond donors (Lipinski definition) is 1. The van der Waals surface area contributed by atoms with E-state index in [1.54, 1.807) is 19.3 Å². The summed E-state index contributed by atoms with van der Waals surface area (Å²) in [6.45, 7) is 9.40. The monoisotopic (exact) mass is 527 g/mol. The molecule has 0 spiro atoms. The van der Waals surface area contributed by atoms with Gasteiger partial charge >= 0.3 is 6.18 Å². The second-order valence-corrected chi connectivity index (χ2v) is 10.8. The fourth-order valence-corrected chi connectivity index (χ4v) is 4.60. The minimum absolute atomic E-state index is 0.176. The highest BCUT2D eigenvalue weighted by Gasteiger charge is 2.31. The average molecular weight is 528 g/mol. The van der Waals surface area contributed by atoms with Crippen molar-refractivity contribution in [2.45, 2.75) is 59.2 Å². The topological polar surface area (TPSA) is 88.8 Å². The zero-order chi connectivity index (χ0) is 27.7. The van der Waals surface area contributed by atoms with E-state index in [1.807, 2.05) is 0 Å². The van der Waals surface area contributed by atoms with Gasteiger partial charge in [0.25, 0.3) is 5.91 Å². The van der Waals surface area contributed by atoms with E-state index in [2.05, 4.69) is 64.2 Å². The van der Waals surface area contributed by atoms with E-state index in [9.17, 15) is 18.0 Å². The van der Waals surface area contributed by atoms with Crippen LogP contribution in [0.3, 0.4) is 0 Å². The van der Waals surface area contributed by atoms with Crippen molar-refractivity contribution in [2.75, 3.05) is 18.9 Å². The SMILES string of the molecule is Cc1c(C(=O)Nc2cnc(C3=CCC(N(C)CC(C)(C)C)CC3)nc2)cnn1-c1ccc(C(F)(F)F)cn1. The van der Waals surface area contributed by atoms with Gasteiger partial charge in [-0.1, -0.05) is 26.8 Å². The quantitative estimate of drug-likeness (QED) is 0.452. The molecule has 0 saturated carbocycles. The molecule has 0 fully saturated rings. The fourth-order valence-electron chi connectivity index (χ4n) is 4.60. The van der Waals surface area contributed by atoms with Crippen LogP contribution in [0.1, 0.15) is 67.5 Å². The van der Waals surface area contributed by atoms with E-state index in [4.69, 9.17) is 0 Å². The lowest BCUT2D eigenvalue weighted by Crippen LogP contribution is -2.38. The maximum atomic E-state index is 12.8. The van der Waals surface area contributed by atoms with Crippen LogP contribution in [-0.2, 0) is 6.18 Å². The molecule has 202 valence electrons. The lowest BCUT2D eigenvalue weighted by Gasteiger charge is -2.35. The Hall–Kier alpha value is -3.60. The summed E-state index contributed by atoms with van der Waals surface area (Å²) in [5.74, 6) is 0.394. The second kappa shape index (κ2) is 10.6. The van der Waals surface area contributed by atoms with Crippen molar-refractivity contribution in [3.63, 3.8) is 0 Å². The van der Waals surface area contributed by atoms with Crippen molar-refractivity contribution in [2.24, 2.45) is 5.41 Å². The predicted octanol–water partition coefficient (Wildman–Crippen LogP) is 5.55. The Morgan fingerprint density at radius 1 is 1.11 bits per heavy atom. The molecule has 0 aromatic carbocycles. The Balaban J connectivity index is 1.39. The molecule has 38 heavy (non-hydrogen) atoms. The predicted molar refractivity (Wildman–Crippen MR) is 139 cm³/mol. The highest BCUT2D eigenvalue weighted by Crippen LogP contribution is 2.30. The number of amides is 1. The molecular formula is C27H32F3N7O. The first kappa shape index (κ1) is 27.4. The third-order valence-corrected chi connectivity index (χ3v) is 6.47. The van der Waals surface area contributed by atoms with Gasteiger partial charge in [0.05, 0.1) is 41.1 Å². The number of aromatic nitrogens is 5. The first-order chi connectivity index (χ1) is 17.8. The number of carbonyl (C=O) groups excluding carboxylic acids is 1. The molecule has 0 aliphatic heterocycles. The summed E-state index contributed by atoms with van der Waals surface area (Å²) < 4.78 is 39.8. The molecule has 1 N–H and O–H groups in total. The van der Waals surface area contributed by atoms with E-state index < -0.39 is 17.6 Å². The Bertz CT molecular complexity index is 1310. The van der Waals surface area contributed by atoms with Crippen LogP contribution in [0, 0.1) is 12.3 Å². The normalized spacial score (nSPS) is 16.4. The highest BCUT2D eigenvalue weighted by molar-refractivity contribution is 6.04. The minimum atomic E-state index is -4.48. The Kier molecular flexibility index (Phi) is 7.68. The zero-order valence-electron chi connectivity index (χ0n) is 22.2. The van der Waals surface area contributed by atoms with Crippen LogP contribution in [0.2, 0.25) is 0 Å². The van der Waals surface area contributed by atoms with Crippen LogP contribution >= 0.6 is 0 Å². The van der Waals surface area contributed by atoms with E-state index >= 15 is 0 Å². The van der Waals surface area contributed by atoms with Gasteiger partial charge in [-0.15, -0.1) is 0 Å². The third-order valence-electron chi connectivity index (χ3n) is 6.47. The van der Waals surface area contributed by atoms with Gasteiger partial charge in [-0.2, -0.15) is 18.3 Å². The molecule has 8 nitrogen and oxygen atoms in total. The Morgan fingerprint density at radius 2 is 1.82 bits per heavy atom. The molecule has 3 heterocycles. The standard InChI is InChI=1S/C27H32F3N7O/c1-17-22(15-34-37(17)23-11-8-19(12-31-23)27(28,29)30)25(38)35-20-13-32-24(33-14-20)18-6-9-21(10-7-18)36(5)16-26(2,3)4/h6,8,11-15,21H,7,9-10,16H2,1-5H3,(H,35,38). The summed E-state index contributed by atoms with van der Waals surface area (Å²) in [6.07, 6.45) is 5.81. The summed E-state index contributed by atoms with van der Waals surface area (Å²) >= 11 is 0. The molecule has 1 aliphatic carbocycles. The lowest BCUT2D eigenvalue weighted by molar-refractivity contribution is -0.137. The number of carbonyl (C=O) groups is 1. The number of anilines is 1. The summed E-state index contributed by atoms with van der Waals surface area (Å²) in [7, 11) is 2.17. The van der Waals surface area contributed by atoms with Gasteiger partial charge in [-0.25, -0.2) is 19.6 Å². The molecule has 11 heteroatoms. The Morgan fingerprint density at radius 3 is 2.37 bits per heavy atom. The number of pyridine rings is 1. The smallest absolute Gasteiger partial charge is 0.319 e. The second-order valence-electron chi connectivity index (χ2n) is 10.8. The summed E-state index contributed by atoms with van der Waals surface area (Å²) in [4.78, 5) is 28.0. The van der Waals surface area contributed by atoms with Crippen molar-refractivity contribution < 1.29 is 18.0 Å². The molecule has 3 aromatic rings. The molecule has 4 rings (SSSR count). The largest absolute Gasteiger partial charge is 0.417 e. The van der Waals surface area contributed by atoms with Crippen LogP contribution in [0.5, 0.6) is 0 Å². The number of allylic oxidation sites excluding steroid dienone is 1. The Labute approximate surface area is 220 Å². The van der Waals surface area contributed by atoms with Gasteiger partial charge in [0, 0.05) is 18.8 Å². The highest BCUT2D eigenvalue weighted by atomic mass is 19.4. The molecule has 1 aliphatic rings. The number of nitrogens with zero attached hydrogens (tertiary/aromatic N) is 6. The summed E-state index contributed by atoms with van der Waals surface area (Å²) in [5, 5.41) is 6.88. The summed E-state index contributed by atoms with van der Waals surface area (Å²) in [5.41, 5.74) is 1.62. The average Bonchev–Trinajstić information content (AvgIpc) is 3.24. The van der Waals surface area contributed by atoms with Gasteiger partial charge in [0.1, 0.15) is 0 Å². The molecule has 0 radical (unpaired) electrons. The van der Waals surface area contributed by atoms with Gasteiger partial charge < -0.3 is 10.2 Å². The molecule has 1 atom stereocenters. The molecule has 1 amide bonds. The van der Waals surface area contributed by atoms with Gasteiger partial charge in [0.2, 0.25) is 0 Å². The van der Waals surface area contributed by atoms with Crippen molar-refractivity contribution in [3.05, 3.63) is 65.6 Å². The van der Waals surface area contributed by atoms with E-state index in [0.717, 1.165) is 43.6 Å². The van der Waals surface area contributed by atoms with Crippen LogP contribution in [-0.4, -0.2) is 55.2 Å². The first-order valence-electron chi connectivity index (χ1n) is 12.4. The number of rotatable bonds is 6. The minimum Gasteiger partial charge on any atom is -0.319 e. The van der Waals surface area contributed by atoms with Crippen LogP contribution in [0.25, 0.3) is 11.4 Å². The van der Waals surface area contributed by atoms with Gasteiger partial charge in [-0.05, 0) is 56.4 Å². The van der Waals surface area contributed by atoms with Crippen LogP contribution in [0.15, 0.2) is 43.0 Å². The van der Waals surface area contributed by atoms with Crippen molar-refractivity contribution in [1.82, 2.24) is 29.6 Å². The van der Waals surface area contributed by atoms with Gasteiger partial charge in [-0.3, -0.25) is 4.79 Å². The van der Waals surface area contributed by atoms with Gasteiger partial charge in [0.15, 0.2) is 11.6 Å². The lowest BCUT2D eigenvalue weighted by atomic mass is 9.91. The maximum absolute atomic E-state index is 12.8. The molecule has 1 unspecified atom stereocenters. The van der Waals surface area contributed by atoms with Crippen LogP contribution in [0.4, 0.5) is 18.9 Å². The molecular weight excluding hydrogens is 495 g/mol. The molecule has 0 saturated heterocycles. The molecule has 0 bridgehead atoms. The first-order valence-corrected chi connectivity index (χ1v) is 12.4. The fraction of sp³-hybridized carbons (Fsp3) is 0.444. The number of halogens is 3. The van der Waals surface area contributed by atoms with Crippen LogP contribution < -0.4 is 5.32 Å². The van der Waals surface area contributed by atoms with E-state index in [-0.39, 0.29) is 16.8 Å².